The topological polar surface area (TPSA) is 55.4 Å². The Morgan fingerprint density at radius 2 is 1.83 bits per heavy atom. The molecule has 1 aromatic rings. The molecule has 0 bridgehead atoms. The summed E-state index contributed by atoms with van der Waals surface area (Å²) in [7, 11) is 0. The van der Waals surface area contributed by atoms with Crippen molar-refractivity contribution in [2.75, 3.05) is 0 Å². The molecule has 0 saturated heterocycles. The molecule has 0 unspecified atom stereocenters. The van der Waals surface area contributed by atoms with Crippen LogP contribution in [0.25, 0.3) is 0 Å². The fraction of sp³-hybridized carbons (Fsp3) is 0.429. The third-order valence-electron chi connectivity index (χ3n) is 3.15. The maximum atomic E-state index is 11.6. The Kier molecular flexibility index (Phi) is 4.34. The smallest absolute Gasteiger partial charge is 0.410 e. The Bertz CT molecular complexity index is 408. The van der Waals surface area contributed by atoms with Crippen molar-refractivity contribution in [3.63, 3.8) is 0 Å². The molecular formula is C14H17NO3. The van der Waals surface area contributed by atoms with E-state index >= 15 is 0 Å². The van der Waals surface area contributed by atoms with Gasteiger partial charge in [-0.1, -0.05) is 19.3 Å². The number of hydrogen-bond acceptors (Lipinski definition) is 3. The molecule has 1 aliphatic rings. The average molecular weight is 247 g/mol. The zero-order valence-electron chi connectivity index (χ0n) is 10.2. The lowest BCUT2D eigenvalue weighted by Crippen LogP contribution is -2.37. The van der Waals surface area contributed by atoms with E-state index in [0.29, 0.717) is 11.3 Å². The van der Waals surface area contributed by atoms with Gasteiger partial charge in [-0.25, -0.2) is 4.79 Å². The minimum atomic E-state index is -0.416. The van der Waals surface area contributed by atoms with E-state index in [1.807, 2.05) is 0 Å². The largest absolute Gasteiger partial charge is 0.412 e. The summed E-state index contributed by atoms with van der Waals surface area (Å²) in [4.78, 5) is 22.1. The Labute approximate surface area is 106 Å². The first-order chi connectivity index (χ1) is 8.78. The number of rotatable bonds is 3. The molecule has 0 aromatic heterocycles. The zero-order valence-corrected chi connectivity index (χ0v) is 10.2. The van der Waals surface area contributed by atoms with E-state index in [1.54, 1.807) is 24.3 Å². The minimum Gasteiger partial charge on any atom is -0.410 e. The van der Waals surface area contributed by atoms with Gasteiger partial charge in [-0.3, -0.25) is 4.79 Å². The van der Waals surface area contributed by atoms with Crippen molar-refractivity contribution in [3.8, 4) is 5.75 Å². The molecule has 4 nitrogen and oxygen atoms in total. The number of carbonyl (C=O) groups excluding carboxylic acids is 2. The van der Waals surface area contributed by atoms with E-state index in [-0.39, 0.29) is 6.04 Å². The predicted molar refractivity (Wildman–Crippen MR) is 67.9 cm³/mol. The molecule has 18 heavy (non-hydrogen) atoms. The first-order valence-electron chi connectivity index (χ1n) is 6.31. The summed E-state index contributed by atoms with van der Waals surface area (Å²) in [6, 6.07) is 6.71. The van der Waals surface area contributed by atoms with Crippen molar-refractivity contribution in [3.05, 3.63) is 29.8 Å². The van der Waals surface area contributed by atoms with E-state index < -0.39 is 6.09 Å². The normalized spacial score (nSPS) is 16.0. The van der Waals surface area contributed by atoms with Crippen LogP contribution in [-0.2, 0) is 0 Å². The molecule has 2 rings (SSSR count). The van der Waals surface area contributed by atoms with Gasteiger partial charge in [-0.2, -0.15) is 0 Å². The Morgan fingerprint density at radius 3 is 2.44 bits per heavy atom. The Hall–Kier alpha value is -1.84. The van der Waals surface area contributed by atoms with Gasteiger partial charge in [0.2, 0.25) is 0 Å². The van der Waals surface area contributed by atoms with Crippen molar-refractivity contribution < 1.29 is 14.3 Å². The van der Waals surface area contributed by atoms with Crippen LogP contribution in [0.15, 0.2) is 24.3 Å². The third-order valence-corrected chi connectivity index (χ3v) is 3.15. The van der Waals surface area contributed by atoms with Crippen LogP contribution in [0.1, 0.15) is 42.5 Å². The van der Waals surface area contributed by atoms with Crippen molar-refractivity contribution in [2.24, 2.45) is 0 Å². The zero-order chi connectivity index (χ0) is 12.8. The van der Waals surface area contributed by atoms with Crippen LogP contribution >= 0.6 is 0 Å². The second-order valence-corrected chi connectivity index (χ2v) is 4.56. The molecule has 0 radical (unpaired) electrons. The highest BCUT2D eigenvalue weighted by Gasteiger charge is 2.16. The van der Waals surface area contributed by atoms with Crippen LogP contribution in [0.2, 0.25) is 0 Å². The highest BCUT2D eigenvalue weighted by Crippen LogP contribution is 2.18. The van der Waals surface area contributed by atoms with Crippen molar-refractivity contribution in [1.29, 1.82) is 0 Å². The number of nitrogens with one attached hydrogen (secondary N) is 1. The lowest BCUT2D eigenvalue weighted by atomic mass is 9.96. The van der Waals surface area contributed by atoms with Crippen molar-refractivity contribution in [2.45, 2.75) is 38.1 Å². The molecule has 1 aliphatic carbocycles. The molecule has 1 fully saturated rings. The summed E-state index contributed by atoms with van der Waals surface area (Å²) in [5.74, 6) is 0.453. The molecule has 1 N–H and O–H groups in total. The fourth-order valence-electron chi connectivity index (χ4n) is 2.16. The standard InChI is InChI=1S/C14H17NO3/c16-10-11-6-8-13(9-7-11)18-14(17)15-12-4-2-1-3-5-12/h6-10,12H,1-5H2,(H,15,17). The van der Waals surface area contributed by atoms with E-state index in [9.17, 15) is 9.59 Å². The van der Waals surface area contributed by atoms with E-state index in [2.05, 4.69) is 5.32 Å². The van der Waals surface area contributed by atoms with E-state index in [0.717, 1.165) is 19.1 Å². The summed E-state index contributed by atoms with van der Waals surface area (Å²) >= 11 is 0. The van der Waals surface area contributed by atoms with Gasteiger partial charge in [0.1, 0.15) is 12.0 Å². The summed E-state index contributed by atoms with van der Waals surface area (Å²) in [6.07, 6.45) is 5.98. The quantitative estimate of drug-likeness (QED) is 0.835. The molecule has 1 saturated carbocycles. The van der Waals surface area contributed by atoms with Gasteiger partial charge in [-0.15, -0.1) is 0 Å². The highest BCUT2D eigenvalue weighted by molar-refractivity contribution is 5.75. The lowest BCUT2D eigenvalue weighted by Gasteiger charge is -2.22. The second-order valence-electron chi connectivity index (χ2n) is 4.56. The Morgan fingerprint density at radius 1 is 1.17 bits per heavy atom. The van der Waals surface area contributed by atoms with Gasteiger partial charge in [0.05, 0.1) is 0 Å². The summed E-state index contributed by atoms with van der Waals surface area (Å²) in [5.41, 5.74) is 0.565. The minimum absolute atomic E-state index is 0.237. The molecule has 0 atom stereocenters. The van der Waals surface area contributed by atoms with Gasteiger partial charge in [0, 0.05) is 11.6 Å². The number of amides is 1. The van der Waals surface area contributed by atoms with Gasteiger partial charge in [-0.05, 0) is 37.1 Å². The monoisotopic (exact) mass is 247 g/mol. The second kappa shape index (κ2) is 6.19. The highest BCUT2D eigenvalue weighted by atomic mass is 16.6. The van der Waals surface area contributed by atoms with Crippen LogP contribution in [0.3, 0.4) is 0 Å². The van der Waals surface area contributed by atoms with Crippen LogP contribution in [0.5, 0.6) is 5.75 Å². The van der Waals surface area contributed by atoms with Crippen LogP contribution < -0.4 is 10.1 Å². The summed E-state index contributed by atoms with van der Waals surface area (Å²) in [5, 5.41) is 2.87. The van der Waals surface area contributed by atoms with Crippen molar-refractivity contribution in [1.82, 2.24) is 5.32 Å². The number of carbonyl (C=O) groups is 2. The molecule has 1 aromatic carbocycles. The first kappa shape index (κ1) is 12.6. The van der Waals surface area contributed by atoms with Crippen LogP contribution in [0, 0.1) is 0 Å². The van der Waals surface area contributed by atoms with Crippen LogP contribution in [-0.4, -0.2) is 18.4 Å². The SMILES string of the molecule is O=Cc1ccc(OC(=O)NC2CCCCC2)cc1. The molecule has 1 amide bonds. The molecule has 0 spiro atoms. The van der Waals surface area contributed by atoms with Gasteiger partial charge < -0.3 is 10.1 Å². The number of hydrogen-bond donors (Lipinski definition) is 1. The predicted octanol–water partition coefficient (Wildman–Crippen LogP) is 2.92. The first-order valence-corrected chi connectivity index (χ1v) is 6.31. The van der Waals surface area contributed by atoms with Crippen LogP contribution in [0.4, 0.5) is 4.79 Å². The summed E-state index contributed by atoms with van der Waals surface area (Å²) < 4.78 is 5.15. The molecule has 96 valence electrons. The fourth-order valence-corrected chi connectivity index (χ4v) is 2.16. The lowest BCUT2D eigenvalue weighted by molar-refractivity contribution is 0.112. The summed E-state index contributed by atoms with van der Waals surface area (Å²) in [6.45, 7) is 0. The molecule has 4 heteroatoms. The van der Waals surface area contributed by atoms with Gasteiger partial charge in [0.15, 0.2) is 0 Å². The molecule has 0 heterocycles. The molecular weight excluding hydrogens is 230 g/mol. The number of benzene rings is 1. The number of aldehydes is 1. The van der Waals surface area contributed by atoms with Gasteiger partial charge in [0.25, 0.3) is 0 Å². The van der Waals surface area contributed by atoms with Crippen molar-refractivity contribution >= 4 is 12.4 Å². The molecule has 0 aliphatic heterocycles. The maximum Gasteiger partial charge on any atom is 0.412 e. The van der Waals surface area contributed by atoms with E-state index in [4.69, 9.17) is 4.74 Å². The third kappa shape index (κ3) is 3.58. The Balaban J connectivity index is 1.83. The van der Waals surface area contributed by atoms with E-state index in [1.165, 1.54) is 19.3 Å². The average Bonchev–Trinajstić information content (AvgIpc) is 2.40. The van der Waals surface area contributed by atoms with Gasteiger partial charge >= 0.3 is 6.09 Å². The number of ether oxygens (including phenoxy) is 1. The maximum absolute atomic E-state index is 11.6.